The van der Waals surface area contributed by atoms with Gasteiger partial charge in [-0.1, -0.05) is 18.2 Å². The van der Waals surface area contributed by atoms with Gasteiger partial charge in [-0.15, -0.1) is 0 Å². The molecule has 2 aliphatic rings. The number of aryl methyl sites for hydroxylation is 1. The van der Waals surface area contributed by atoms with Gasteiger partial charge in [-0.3, -0.25) is 4.79 Å². The van der Waals surface area contributed by atoms with E-state index in [0.29, 0.717) is 12.8 Å². The summed E-state index contributed by atoms with van der Waals surface area (Å²) in [6.45, 7) is 0.883. The summed E-state index contributed by atoms with van der Waals surface area (Å²) in [5.41, 5.74) is 5.51. The molecule has 0 radical (unpaired) electrons. The van der Waals surface area contributed by atoms with Crippen molar-refractivity contribution in [3.05, 3.63) is 47.4 Å². The van der Waals surface area contributed by atoms with Crippen molar-refractivity contribution in [2.24, 2.45) is 5.92 Å². The minimum absolute atomic E-state index is 0.328. The van der Waals surface area contributed by atoms with E-state index in [0.717, 1.165) is 47.5 Å². The van der Waals surface area contributed by atoms with Crippen LogP contribution in [0.3, 0.4) is 0 Å². The highest BCUT2D eigenvalue weighted by atomic mass is 16.4. The van der Waals surface area contributed by atoms with Gasteiger partial charge >= 0.3 is 5.97 Å². The van der Waals surface area contributed by atoms with Gasteiger partial charge in [-0.05, 0) is 42.9 Å². The number of aliphatic carboxylic acids is 1. The number of para-hydroxylation sites is 1. The van der Waals surface area contributed by atoms with E-state index in [2.05, 4.69) is 38.1 Å². The molecule has 0 saturated carbocycles. The second-order valence-corrected chi connectivity index (χ2v) is 6.81. The second kappa shape index (κ2) is 5.31. The van der Waals surface area contributed by atoms with Gasteiger partial charge in [0.1, 0.15) is 17.8 Å². The molecular formula is C19H18N4O2. The summed E-state index contributed by atoms with van der Waals surface area (Å²) < 4.78 is 0. The van der Waals surface area contributed by atoms with Crippen LogP contribution in [-0.2, 0) is 24.1 Å². The van der Waals surface area contributed by atoms with E-state index in [4.69, 9.17) is 0 Å². The Hall–Kier alpha value is -2.89. The minimum Gasteiger partial charge on any atom is -0.481 e. The number of hydrogen-bond acceptors (Lipinski definition) is 4. The van der Waals surface area contributed by atoms with Crippen LogP contribution >= 0.6 is 0 Å². The van der Waals surface area contributed by atoms with Gasteiger partial charge in [-0.2, -0.15) is 0 Å². The number of hydrogen-bond donors (Lipinski definition) is 2. The predicted octanol–water partition coefficient (Wildman–Crippen LogP) is 2.84. The Bertz CT molecular complexity index is 994. The van der Waals surface area contributed by atoms with Crippen molar-refractivity contribution in [2.75, 3.05) is 11.4 Å². The second-order valence-electron chi connectivity index (χ2n) is 6.81. The number of benzene rings is 1. The first kappa shape index (κ1) is 14.5. The van der Waals surface area contributed by atoms with E-state index < -0.39 is 5.97 Å². The van der Waals surface area contributed by atoms with Crippen molar-refractivity contribution in [3.63, 3.8) is 0 Å². The molecule has 126 valence electrons. The Morgan fingerprint density at radius 3 is 3.00 bits per heavy atom. The molecular weight excluding hydrogens is 316 g/mol. The van der Waals surface area contributed by atoms with Gasteiger partial charge in [0.05, 0.1) is 11.3 Å². The molecule has 2 N–H and O–H groups in total. The van der Waals surface area contributed by atoms with Crippen molar-refractivity contribution in [1.82, 2.24) is 15.0 Å². The molecule has 0 bridgehead atoms. The average Bonchev–Trinajstić information content (AvgIpc) is 3.22. The summed E-state index contributed by atoms with van der Waals surface area (Å²) in [7, 11) is 0. The van der Waals surface area contributed by atoms with E-state index in [1.807, 2.05) is 6.07 Å². The maximum absolute atomic E-state index is 11.5. The third-order valence-electron chi connectivity index (χ3n) is 5.45. The zero-order valence-electron chi connectivity index (χ0n) is 13.7. The number of aromatic amines is 1. The molecule has 3 aromatic rings. The van der Waals surface area contributed by atoms with Crippen molar-refractivity contribution in [3.8, 4) is 0 Å². The molecule has 2 aromatic heterocycles. The summed E-state index contributed by atoms with van der Waals surface area (Å²) in [6.07, 6.45) is 4.55. The van der Waals surface area contributed by atoms with E-state index in [-0.39, 0.29) is 5.92 Å². The third kappa shape index (κ3) is 2.13. The maximum Gasteiger partial charge on any atom is 0.306 e. The summed E-state index contributed by atoms with van der Waals surface area (Å²) in [5, 5.41) is 10.4. The van der Waals surface area contributed by atoms with Crippen LogP contribution in [0.1, 0.15) is 23.2 Å². The molecule has 0 spiro atoms. The van der Waals surface area contributed by atoms with Gasteiger partial charge in [-0.25, -0.2) is 9.97 Å². The number of nitrogens with zero attached hydrogens (tertiary/aromatic N) is 3. The van der Waals surface area contributed by atoms with Crippen LogP contribution in [-0.4, -0.2) is 32.6 Å². The summed E-state index contributed by atoms with van der Waals surface area (Å²) in [6, 6.07) is 8.38. The monoisotopic (exact) mass is 334 g/mol. The van der Waals surface area contributed by atoms with Crippen LogP contribution < -0.4 is 4.90 Å². The summed E-state index contributed by atoms with van der Waals surface area (Å²) >= 11 is 0. The minimum atomic E-state index is -0.718. The van der Waals surface area contributed by atoms with Crippen molar-refractivity contribution in [1.29, 1.82) is 0 Å². The molecule has 1 aromatic carbocycles. The number of nitrogens with one attached hydrogen (secondary N) is 1. The fraction of sp³-hybridized carbons (Fsp3) is 0.316. The van der Waals surface area contributed by atoms with Crippen molar-refractivity contribution < 1.29 is 9.90 Å². The standard InChI is InChI=1S/C19H18N4O2/c24-19(25)12-5-6-14-13(9-12)16-17(22-14)20-10-21-18(16)23-8-7-11-3-1-2-4-15(11)23/h1-4,10,12H,5-9H2,(H,24,25)(H,20,21,22). The lowest BCUT2D eigenvalue weighted by molar-refractivity contribution is -0.142. The first-order chi connectivity index (χ1) is 12.2. The Morgan fingerprint density at radius 2 is 2.12 bits per heavy atom. The first-order valence-corrected chi connectivity index (χ1v) is 8.65. The number of carboxylic acids is 1. The number of fused-ring (bicyclic) bond motifs is 4. The fourth-order valence-corrected chi connectivity index (χ4v) is 4.20. The lowest BCUT2D eigenvalue weighted by Gasteiger charge is -2.22. The van der Waals surface area contributed by atoms with E-state index in [1.165, 1.54) is 11.3 Å². The normalized spacial score (nSPS) is 19.0. The molecule has 5 rings (SSSR count). The number of rotatable bonds is 2. The molecule has 6 heteroatoms. The Kier molecular flexibility index (Phi) is 3.07. The molecule has 1 atom stereocenters. The maximum atomic E-state index is 11.5. The number of carboxylic acid groups (broad SMARTS) is 1. The molecule has 0 fully saturated rings. The topological polar surface area (TPSA) is 82.1 Å². The van der Waals surface area contributed by atoms with Crippen molar-refractivity contribution >= 4 is 28.5 Å². The van der Waals surface area contributed by atoms with E-state index in [9.17, 15) is 9.90 Å². The van der Waals surface area contributed by atoms with Crippen LogP contribution in [0, 0.1) is 5.92 Å². The quantitative estimate of drug-likeness (QED) is 0.753. The van der Waals surface area contributed by atoms with Crippen molar-refractivity contribution in [2.45, 2.75) is 25.7 Å². The molecule has 0 amide bonds. The largest absolute Gasteiger partial charge is 0.481 e. The average molecular weight is 334 g/mol. The highest BCUT2D eigenvalue weighted by Gasteiger charge is 2.31. The zero-order chi connectivity index (χ0) is 17.0. The Balaban J connectivity index is 1.68. The molecule has 1 aliphatic heterocycles. The summed E-state index contributed by atoms with van der Waals surface area (Å²) in [5.74, 6) is -0.158. The highest BCUT2D eigenvalue weighted by molar-refractivity contribution is 5.95. The van der Waals surface area contributed by atoms with Crippen LogP contribution in [0.5, 0.6) is 0 Å². The lowest BCUT2D eigenvalue weighted by atomic mass is 9.86. The Labute approximate surface area is 144 Å². The van der Waals surface area contributed by atoms with Gasteiger partial charge in [0.2, 0.25) is 0 Å². The smallest absolute Gasteiger partial charge is 0.306 e. The highest BCUT2D eigenvalue weighted by Crippen LogP contribution is 2.40. The van der Waals surface area contributed by atoms with Gasteiger partial charge < -0.3 is 15.0 Å². The van der Waals surface area contributed by atoms with Crippen LogP contribution in [0.15, 0.2) is 30.6 Å². The fourth-order valence-electron chi connectivity index (χ4n) is 4.20. The molecule has 1 unspecified atom stereocenters. The number of aromatic nitrogens is 3. The molecule has 0 saturated heterocycles. The number of carbonyl (C=O) groups is 1. The number of H-pyrrole nitrogens is 1. The number of anilines is 2. The zero-order valence-corrected chi connectivity index (χ0v) is 13.7. The van der Waals surface area contributed by atoms with Crippen LogP contribution in [0.4, 0.5) is 11.5 Å². The molecule has 3 heterocycles. The van der Waals surface area contributed by atoms with Crippen LogP contribution in [0.25, 0.3) is 11.0 Å². The first-order valence-electron chi connectivity index (χ1n) is 8.65. The van der Waals surface area contributed by atoms with Gasteiger partial charge in [0, 0.05) is 17.9 Å². The molecule has 6 nitrogen and oxygen atoms in total. The molecule has 25 heavy (non-hydrogen) atoms. The SMILES string of the molecule is O=C(O)C1CCc2[nH]c3ncnc(N4CCc5ccccc54)c3c2C1. The molecule has 1 aliphatic carbocycles. The van der Waals surface area contributed by atoms with Crippen LogP contribution in [0.2, 0.25) is 0 Å². The summed E-state index contributed by atoms with van der Waals surface area (Å²) in [4.78, 5) is 26.1. The lowest BCUT2D eigenvalue weighted by Crippen LogP contribution is -2.22. The van der Waals surface area contributed by atoms with E-state index in [1.54, 1.807) is 6.33 Å². The third-order valence-corrected chi connectivity index (χ3v) is 5.45. The predicted molar refractivity (Wildman–Crippen MR) is 94.2 cm³/mol. The van der Waals surface area contributed by atoms with Gasteiger partial charge in [0.25, 0.3) is 0 Å². The Morgan fingerprint density at radius 1 is 1.24 bits per heavy atom. The van der Waals surface area contributed by atoms with Gasteiger partial charge in [0.15, 0.2) is 0 Å². The van der Waals surface area contributed by atoms with E-state index >= 15 is 0 Å².